The van der Waals surface area contributed by atoms with Crippen LogP contribution in [-0.4, -0.2) is 25.1 Å². The van der Waals surface area contributed by atoms with Gasteiger partial charge in [0.25, 0.3) is 5.91 Å². The van der Waals surface area contributed by atoms with E-state index in [1.54, 1.807) is 54.6 Å². The number of amides is 1. The first-order valence-corrected chi connectivity index (χ1v) is 11.8. The van der Waals surface area contributed by atoms with Crippen molar-refractivity contribution in [3.05, 3.63) is 102 Å². The molecular formula is C25H20FN5O3S. The van der Waals surface area contributed by atoms with Gasteiger partial charge in [0.2, 0.25) is 10.0 Å². The predicted molar refractivity (Wildman–Crippen MR) is 132 cm³/mol. The van der Waals surface area contributed by atoms with E-state index in [1.807, 2.05) is 0 Å². The van der Waals surface area contributed by atoms with E-state index < -0.39 is 27.6 Å². The number of benzene rings is 3. The molecule has 1 heterocycles. The van der Waals surface area contributed by atoms with Crippen molar-refractivity contribution >= 4 is 27.5 Å². The summed E-state index contributed by atoms with van der Waals surface area (Å²) in [6.45, 7) is 0. The molecule has 4 rings (SSSR count). The van der Waals surface area contributed by atoms with E-state index in [2.05, 4.69) is 10.3 Å². The van der Waals surface area contributed by atoms with Gasteiger partial charge in [0.1, 0.15) is 17.3 Å². The van der Waals surface area contributed by atoms with Crippen molar-refractivity contribution in [1.29, 1.82) is 5.41 Å². The lowest BCUT2D eigenvalue weighted by Gasteiger charge is -2.12. The fourth-order valence-corrected chi connectivity index (χ4v) is 4.36. The molecule has 176 valence electrons. The van der Waals surface area contributed by atoms with Crippen molar-refractivity contribution in [2.24, 2.45) is 10.9 Å². The summed E-state index contributed by atoms with van der Waals surface area (Å²) in [5.41, 5.74) is 7.89. The van der Waals surface area contributed by atoms with E-state index in [9.17, 15) is 17.6 Å². The summed E-state index contributed by atoms with van der Waals surface area (Å²) >= 11 is 0. The molecule has 0 aliphatic carbocycles. The van der Waals surface area contributed by atoms with Crippen molar-refractivity contribution in [2.75, 3.05) is 5.32 Å². The zero-order valence-electron chi connectivity index (χ0n) is 18.2. The van der Waals surface area contributed by atoms with E-state index in [1.165, 1.54) is 30.5 Å². The van der Waals surface area contributed by atoms with Gasteiger partial charge in [0, 0.05) is 23.0 Å². The molecule has 8 nitrogen and oxygen atoms in total. The number of sulfonamides is 1. The Kier molecular flexibility index (Phi) is 6.41. The number of carbonyl (C=O) groups excluding carboxylic acids is 1. The summed E-state index contributed by atoms with van der Waals surface area (Å²) < 4.78 is 37.8. The van der Waals surface area contributed by atoms with Gasteiger partial charge in [-0.2, -0.15) is 0 Å². The van der Waals surface area contributed by atoms with Gasteiger partial charge in [0.15, 0.2) is 0 Å². The first-order valence-electron chi connectivity index (χ1n) is 10.3. The molecular weight excluding hydrogens is 469 g/mol. The van der Waals surface area contributed by atoms with E-state index in [0.29, 0.717) is 27.9 Å². The molecule has 1 amide bonds. The van der Waals surface area contributed by atoms with Crippen LogP contribution < -0.4 is 16.2 Å². The normalized spacial score (nSPS) is 11.1. The molecule has 0 saturated carbocycles. The minimum atomic E-state index is -3.91. The number of primary sulfonamides is 1. The number of nitrogens with two attached hydrogens (primary N) is 2. The number of rotatable bonds is 6. The van der Waals surface area contributed by atoms with Crippen LogP contribution in [0.5, 0.6) is 0 Å². The highest BCUT2D eigenvalue weighted by Gasteiger charge is 2.18. The molecule has 0 aliphatic heterocycles. The lowest BCUT2D eigenvalue weighted by molar-refractivity contribution is 0.102. The van der Waals surface area contributed by atoms with Crippen molar-refractivity contribution < 1.29 is 17.6 Å². The maximum Gasteiger partial charge on any atom is 0.274 e. The maximum absolute atomic E-state index is 14.0. The second-order valence-electron chi connectivity index (χ2n) is 7.58. The van der Waals surface area contributed by atoms with Gasteiger partial charge in [-0.25, -0.2) is 17.9 Å². The van der Waals surface area contributed by atoms with Crippen molar-refractivity contribution in [3.8, 4) is 22.3 Å². The van der Waals surface area contributed by atoms with Crippen LogP contribution in [0.25, 0.3) is 22.3 Å². The van der Waals surface area contributed by atoms with E-state index in [-0.39, 0.29) is 16.2 Å². The monoisotopic (exact) mass is 489 g/mol. The van der Waals surface area contributed by atoms with Gasteiger partial charge < -0.3 is 11.1 Å². The van der Waals surface area contributed by atoms with E-state index in [0.717, 1.165) is 0 Å². The molecule has 4 aromatic rings. The number of aromatic nitrogens is 1. The van der Waals surface area contributed by atoms with Crippen molar-refractivity contribution in [3.63, 3.8) is 0 Å². The number of amidine groups is 1. The van der Waals surface area contributed by atoms with Crippen LogP contribution in [0.15, 0.2) is 90.0 Å². The number of nitrogens with one attached hydrogen (secondary N) is 2. The number of carbonyl (C=O) groups is 1. The van der Waals surface area contributed by atoms with Crippen LogP contribution in [0.3, 0.4) is 0 Å². The average Bonchev–Trinajstić information content (AvgIpc) is 2.84. The average molecular weight is 490 g/mol. The molecule has 0 aliphatic rings. The van der Waals surface area contributed by atoms with Crippen LogP contribution in [0.2, 0.25) is 0 Å². The van der Waals surface area contributed by atoms with Gasteiger partial charge in [0.05, 0.1) is 10.5 Å². The topological polar surface area (TPSA) is 152 Å². The molecule has 0 atom stereocenters. The third kappa shape index (κ3) is 5.08. The summed E-state index contributed by atoms with van der Waals surface area (Å²) in [5.74, 6) is -1.57. The SMILES string of the molecule is N=C(N)c1cc(-c2cccnc2C(=O)Nc2ccc(-c3ccccc3S(N)(=O)=O)cc2)ccc1F. The fourth-order valence-electron chi connectivity index (χ4n) is 3.60. The molecule has 0 bridgehead atoms. The summed E-state index contributed by atoms with van der Waals surface area (Å²) in [5, 5.41) is 15.6. The molecule has 0 spiro atoms. The number of hydrogen-bond acceptors (Lipinski definition) is 5. The highest BCUT2D eigenvalue weighted by molar-refractivity contribution is 7.89. The summed E-state index contributed by atoms with van der Waals surface area (Å²) in [6, 6.07) is 20.3. The minimum absolute atomic E-state index is 0.000795. The Bertz CT molecular complexity index is 1550. The standard InChI is InChI=1S/C25H20FN5O3S/c26-21-12-9-16(14-20(21)24(27)28)19-5-3-13-30-23(19)25(32)31-17-10-7-15(8-11-17)18-4-1-2-6-22(18)35(29,33)34/h1-14H,(H3,27,28)(H,31,32)(H2,29,33,34). The van der Waals surface area contributed by atoms with Gasteiger partial charge in [-0.15, -0.1) is 0 Å². The highest BCUT2D eigenvalue weighted by Crippen LogP contribution is 2.29. The Morgan fingerprint density at radius 3 is 2.26 bits per heavy atom. The molecule has 10 heteroatoms. The quantitative estimate of drug-likeness (QED) is 0.240. The van der Waals surface area contributed by atoms with Crippen LogP contribution >= 0.6 is 0 Å². The second-order valence-corrected chi connectivity index (χ2v) is 9.11. The molecule has 35 heavy (non-hydrogen) atoms. The first kappa shape index (κ1) is 23.7. The number of nitrogens with zero attached hydrogens (tertiary/aromatic N) is 1. The number of halogens is 1. The zero-order chi connectivity index (χ0) is 25.2. The lowest BCUT2D eigenvalue weighted by atomic mass is 10.0. The summed E-state index contributed by atoms with van der Waals surface area (Å²) in [6.07, 6.45) is 1.46. The molecule has 0 unspecified atom stereocenters. The van der Waals surface area contributed by atoms with Gasteiger partial charge in [-0.1, -0.05) is 42.5 Å². The van der Waals surface area contributed by atoms with Gasteiger partial charge in [-0.3, -0.25) is 15.2 Å². The smallest absolute Gasteiger partial charge is 0.274 e. The Labute approximate surface area is 201 Å². The lowest BCUT2D eigenvalue weighted by Crippen LogP contribution is -2.16. The summed E-state index contributed by atoms with van der Waals surface area (Å²) in [4.78, 5) is 17.2. The van der Waals surface area contributed by atoms with Crippen LogP contribution in [0, 0.1) is 11.2 Å². The third-order valence-corrected chi connectivity index (χ3v) is 6.21. The fraction of sp³-hybridized carbons (Fsp3) is 0. The Morgan fingerprint density at radius 1 is 0.914 bits per heavy atom. The minimum Gasteiger partial charge on any atom is -0.384 e. The zero-order valence-corrected chi connectivity index (χ0v) is 19.0. The largest absolute Gasteiger partial charge is 0.384 e. The Balaban J connectivity index is 1.62. The number of anilines is 1. The number of hydrogen-bond donors (Lipinski definition) is 4. The molecule has 0 radical (unpaired) electrons. The maximum atomic E-state index is 14.0. The van der Waals surface area contributed by atoms with Gasteiger partial charge in [-0.05, 0) is 47.5 Å². The van der Waals surface area contributed by atoms with E-state index >= 15 is 0 Å². The summed E-state index contributed by atoms with van der Waals surface area (Å²) in [7, 11) is -3.91. The Hall–Kier alpha value is -4.41. The molecule has 3 aromatic carbocycles. The second kappa shape index (κ2) is 9.45. The molecule has 6 N–H and O–H groups in total. The van der Waals surface area contributed by atoms with Crippen molar-refractivity contribution in [1.82, 2.24) is 4.98 Å². The van der Waals surface area contributed by atoms with Crippen LogP contribution in [0.4, 0.5) is 10.1 Å². The van der Waals surface area contributed by atoms with E-state index in [4.69, 9.17) is 16.3 Å². The molecule has 0 saturated heterocycles. The molecule has 1 aromatic heterocycles. The van der Waals surface area contributed by atoms with Crippen LogP contribution in [0.1, 0.15) is 16.1 Å². The van der Waals surface area contributed by atoms with Crippen LogP contribution in [-0.2, 0) is 10.0 Å². The highest BCUT2D eigenvalue weighted by atomic mass is 32.2. The Morgan fingerprint density at radius 2 is 1.57 bits per heavy atom. The first-order chi connectivity index (χ1) is 16.6. The predicted octanol–water partition coefficient (Wildman–Crippen LogP) is 3.74. The van der Waals surface area contributed by atoms with Crippen molar-refractivity contribution in [2.45, 2.75) is 4.90 Å². The third-order valence-electron chi connectivity index (χ3n) is 5.24. The molecule has 0 fully saturated rings. The number of pyridine rings is 1. The number of nitrogen functional groups attached to an aromatic ring is 1. The van der Waals surface area contributed by atoms with Gasteiger partial charge >= 0.3 is 0 Å².